The van der Waals surface area contributed by atoms with Crippen molar-refractivity contribution in [2.45, 2.75) is 18.4 Å². The van der Waals surface area contributed by atoms with Crippen LogP contribution >= 0.6 is 0 Å². The molecule has 1 amide bonds. The van der Waals surface area contributed by atoms with Crippen LogP contribution in [-0.4, -0.2) is 52.6 Å². The van der Waals surface area contributed by atoms with Gasteiger partial charge in [-0.1, -0.05) is 18.2 Å². The number of carbonyl (C=O) groups is 1. The number of hydrogen-bond acceptors (Lipinski definition) is 6. The molecule has 0 unspecified atom stereocenters. The molecule has 0 bridgehead atoms. The Balaban J connectivity index is 1.38. The van der Waals surface area contributed by atoms with Crippen LogP contribution in [0.15, 0.2) is 66.9 Å². The number of aromatic nitrogens is 1. The van der Waals surface area contributed by atoms with Crippen LogP contribution in [0.1, 0.15) is 28.2 Å². The monoisotopic (exact) mass is 500 g/mol. The van der Waals surface area contributed by atoms with Crippen LogP contribution in [-0.2, 0) is 11.2 Å². The van der Waals surface area contributed by atoms with E-state index in [4.69, 9.17) is 9.47 Å². The van der Waals surface area contributed by atoms with Crippen molar-refractivity contribution in [1.29, 1.82) is 0 Å². The molecule has 0 aliphatic carbocycles. The summed E-state index contributed by atoms with van der Waals surface area (Å²) in [4.78, 5) is 15.6. The van der Waals surface area contributed by atoms with Gasteiger partial charge in [0.15, 0.2) is 11.5 Å². The first-order valence-electron chi connectivity index (χ1n) is 12.0. The Kier molecular flexibility index (Phi) is 6.74. The molecule has 3 aromatic carbocycles. The number of aliphatic hydroxyl groups excluding tert-OH is 1. The van der Waals surface area contributed by atoms with Gasteiger partial charge in [-0.15, -0.1) is 0 Å². The largest absolute Gasteiger partial charge is 0.508 e. The lowest BCUT2D eigenvalue weighted by molar-refractivity contribution is -0.116. The van der Waals surface area contributed by atoms with Crippen molar-refractivity contribution in [3.63, 3.8) is 0 Å². The van der Waals surface area contributed by atoms with Crippen molar-refractivity contribution in [2.24, 2.45) is 0 Å². The standard InChI is InChI=1S/C29H28N2O6/c1-36-24-14-18(5-9-22(24)34)28-25(16-32)37-23-10-8-21-27(29(23)28)19(15-31-21)12-13-30-26(35)11-4-17-2-6-20(33)7-3-17/h2-11,14-15,25,28,31-34H,12-13,16H2,1H3,(H,30,35)/b11-4-/t25-,28-/m0/s1. The van der Waals surface area contributed by atoms with E-state index in [0.29, 0.717) is 24.5 Å². The summed E-state index contributed by atoms with van der Waals surface area (Å²) in [5, 5.41) is 33.5. The van der Waals surface area contributed by atoms with E-state index in [1.807, 2.05) is 24.4 Å². The highest BCUT2D eigenvalue weighted by molar-refractivity contribution is 5.92. The summed E-state index contributed by atoms with van der Waals surface area (Å²) in [6.07, 6.45) is 5.19. The number of phenols is 2. The highest BCUT2D eigenvalue weighted by Crippen LogP contribution is 2.48. The second-order valence-corrected chi connectivity index (χ2v) is 8.93. The first-order chi connectivity index (χ1) is 18.0. The van der Waals surface area contributed by atoms with E-state index in [-0.39, 0.29) is 29.9 Å². The lowest BCUT2D eigenvalue weighted by atomic mass is 9.85. The summed E-state index contributed by atoms with van der Waals surface area (Å²) < 4.78 is 11.4. The summed E-state index contributed by atoms with van der Waals surface area (Å²) in [6, 6.07) is 15.6. The minimum absolute atomic E-state index is 0.0432. The van der Waals surface area contributed by atoms with Gasteiger partial charge in [-0.05, 0) is 65.6 Å². The molecule has 0 radical (unpaired) electrons. The van der Waals surface area contributed by atoms with Gasteiger partial charge in [0.2, 0.25) is 5.91 Å². The molecule has 8 heteroatoms. The van der Waals surface area contributed by atoms with Crippen LogP contribution in [0.4, 0.5) is 0 Å². The first kappa shape index (κ1) is 24.3. The summed E-state index contributed by atoms with van der Waals surface area (Å²) in [5.41, 5.74) is 4.59. The number of aliphatic hydroxyl groups is 1. The number of ether oxygens (including phenoxy) is 2. The quantitative estimate of drug-likeness (QED) is 0.234. The number of amides is 1. The Hall–Kier alpha value is -4.43. The Morgan fingerprint density at radius 2 is 1.95 bits per heavy atom. The number of aromatic hydroxyl groups is 2. The number of fused-ring (bicyclic) bond motifs is 3. The van der Waals surface area contributed by atoms with Crippen molar-refractivity contribution in [2.75, 3.05) is 20.3 Å². The van der Waals surface area contributed by atoms with Gasteiger partial charge in [-0.3, -0.25) is 4.79 Å². The number of aromatic amines is 1. The van der Waals surface area contributed by atoms with Crippen molar-refractivity contribution in [3.8, 4) is 23.0 Å². The zero-order chi connectivity index (χ0) is 25.9. The number of benzene rings is 3. The fourth-order valence-corrected chi connectivity index (χ4v) is 4.88. The van der Waals surface area contributed by atoms with E-state index >= 15 is 0 Å². The predicted molar refractivity (Wildman–Crippen MR) is 140 cm³/mol. The molecular weight excluding hydrogens is 472 g/mol. The maximum Gasteiger partial charge on any atom is 0.244 e. The summed E-state index contributed by atoms with van der Waals surface area (Å²) in [5.74, 6) is 0.792. The van der Waals surface area contributed by atoms with Gasteiger partial charge in [0, 0.05) is 35.3 Å². The highest BCUT2D eigenvalue weighted by atomic mass is 16.5. The van der Waals surface area contributed by atoms with Crippen LogP contribution in [0, 0.1) is 0 Å². The Morgan fingerprint density at radius 1 is 1.14 bits per heavy atom. The molecule has 1 aromatic heterocycles. The number of hydrogen-bond donors (Lipinski definition) is 5. The van der Waals surface area contributed by atoms with Crippen molar-refractivity contribution >= 4 is 22.9 Å². The van der Waals surface area contributed by atoms with E-state index in [0.717, 1.165) is 33.2 Å². The van der Waals surface area contributed by atoms with Crippen molar-refractivity contribution in [1.82, 2.24) is 10.3 Å². The molecule has 0 saturated carbocycles. The minimum atomic E-state index is -0.484. The molecule has 5 N–H and O–H groups in total. The molecule has 190 valence electrons. The summed E-state index contributed by atoms with van der Waals surface area (Å²) >= 11 is 0. The fourth-order valence-electron chi connectivity index (χ4n) is 4.88. The predicted octanol–water partition coefficient (Wildman–Crippen LogP) is 3.85. The number of methoxy groups -OCH3 is 1. The topological polar surface area (TPSA) is 124 Å². The molecule has 2 atom stereocenters. The first-order valence-corrected chi connectivity index (χ1v) is 12.0. The van der Waals surface area contributed by atoms with Gasteiger partial charge in [0.1, 0.15) is 17.6 Å². The van der Waals surface area contributed by atoms with Gasteiger partial charge in [-0.2, -0.15) is 0 Å². The molecule has 37 heavy (non-hydrogen) atoms. The Labute approximate surface area is 213 Å². The molecule has 0 spiro atoms. The van der Waals surface area contributed by atoms with Gasteiger partial charge < -0.3 is 35.1 Å². The third kappa shape index (κ3) is 4.83. The van der Waals surface area contributed by atoms with E-state index in [1.54, 1.807) is 42.5 Å². The number of phenolic OH excluding ortho intramolecular Hbond substituents is 2. The van der Waals surface area contributed by atoms with Gasteiger partial charge >= 0.3 is 0 Å². The van der Waals surface area contributed by atoms with E-state index in [9.17, 15) is 20.1 Å². The molecule has 2 heterocycles. The lowest BCUT2D eigenvalue weighted by Gasteiger charge is -2.19. The maximum absolute atomic E-state index is 12.3. The molecule has 5 rings (SSSR count). The van der Waals surface area contributed by atoms with E-state index < -0.39 is 6.10 Å². The third-order valence-corrected chi connectivity index (χ3v) is 6.65. The molecular formula is C29H28N2O6. The zero-order valence-corrected chi connectivity index (χ0v) is 20.3. The second-order valence-electron chi connectivity index (χ2n) is 8.93. The third-order valence-electron chi connectivity index (χ3n) is 6.65. The van der Waals surface area contributed by atoms with Gasteiger partial charge in [0.25, 0.3) is 0 Å². The smallest absolute Gasteiger partial charge is 0.244 e. The number of nitrogens with one attached hydrogen (secondary N) is 2. The average molecular weight is 501 g/mol. The maximum atomic E-state index is 12.3. The Bertz CT molecular complexity index is 1460. The molecule has 0 saturated heterocycles. The fraction of sp³-hybridized carbons (Fsp3) is 0.207. The molecule has 1 aliphatic rings. The van der Waals surface area contributed by atoms with E-state index in [2.05, 4.69) is 10.3 Å². The number of carbonyl (C=O) groups excluding carboxylic acids is 1. The van der Waals surface area contributed by atoms with Crippen LogP contribution in [0.2, 0.25) is 0 Å². The number of H-pyrrole nitrogens is 1. The Morgan fingerprint density at radius 3 is 2.70 bits per heavy atom. The van der Waals surface area contributed by atoms with Gasteiger partial charge in [-0.25, -0.2) is 0 Å². The van der Waals surface area contributed by atoms with Gasteiger partial charge in [0.05, 0.1) is 19.6 Å². The summed E-state index contributed by atoms with van der Waals surface area (Å²) in [6.45, 7) is 0.255. The second kappa shape index (κ2) is 10.3. The summed E-state index contributed by atoms with van der Waals surface area (Å²) in [7, 11) is 1.50. The molecule has 1 aliphatic heterocycles. The SMILES string of the molecule is COc1cc([C@@H]2c3c(ccc4[nH]cc(CCNC(=O)/C=C\c5ccc(O)cc5)c34)O[C@H]2CO)ccc1O. The lowest BCUT2D eigenvalue weighted by Crippen LogP contribution is -2.24. The molecule has 0 fully saturated rings. The number of rotatable bonds is 8. The van der Waals surface area contributed by atoms with Crippen LogP contribution in [0.25, 0.3) is 17.0 Å². The molecule has 8 nitrogen and oxygen atoms in total. The van der Waals surface area contributed by atoms with E-state index in [1.165, 1.54) is 13.2 Å². The minimum Gasteiger partial charge on any atom is -0.508 e. The van der Waals surface area contributed by atoms with Crippen molar-refractivity contribution in [3.05, 3.63) is 89.1 Å². The van der Waals surface area contributed by atoms with Crippen LogP contribution < -0.4 is 14.8 Å². The van der Waals surface area contributed by atoms with Crippen LogP contribution in [0.5, 0.6) is 23.0 Å². The van der Waals surface area contributed by atoms with Crippen LogP contribution in [0.3, 0.4) is 0 Å². The van der Waals surface area contributed by atoms with Crippen molar-refractivity contribution < 1.29 is 29.6 Å². The normalized spacial score (nSPS) is 16.6. The zero-order valence-electron chi connectivity index (χ0n) is 20.3. The highest BCUT2D eigenvalue weighted by Gasteiger charge is 2.38. The molecule has 4 aromatic rings. The average Bonchev–Trinajstić information content (AvgIpc) is 3.49.